The number of carbonyl (C=O) groups excluding carboxylic acids is 2. The molecular weight excluding hydrogens is 304 g/mol. The average molecular weight is 319 g/mol. The maximum atomic E-state index is 11.7. The molecule has 0 spiro atoms. The summed E-state index contributed by atoms with van der Waals surface area (Å²) in [5.74, 6) is -0.187. The Morgan fingerprint density at radius 3 is 2.55 bits per heavy atom. The molecule has 2 rings (SSSR count). The van der Waals surface area contributed by atoms with E-state index in [2.05, 4.69) is 20.6 Å². The lowest BCUT2D eigenvalue weighted by molar-refractivity contribution is -0.116. The number of allylic oxidation sites excluding steroid dienone is 1. The van der Waals surface area contributed by atoms with Gasteiger partial charge in [-0.05, 0) is 31.2 Å². The summed E-state index contributed by atoms with van der Waals surface area (Å²) >= 11 is 5.94. The molecule has 7 heteroatoms. The molecule has 0 fully saturated rings. The monoisotopic (exact) mass is 318 g/mol. The van der Waals surface area contributed by atoms with Crippen LogP contribution in [0.15, 0.2) is 30.4 Å². The van der Waals surface area contributed by atoms with Crippen LogP contribution in [0.2, 0.25) is 5.02 Å². The quantitative estimate of drug-likeness (QED) is 0.848. The molecular formula is C15H15ClN4O2. The minimum absolute atomic E-state index is 0.194. The van der Waals surface area contributed by atoms with Crippen molar-refractivity contribution in [1.29, 1.82) is 0 Å². The van der Waals surface area contributed by atoms with E-state index in [1.807, 2.05) is 0 Å². The second-order valence-electron chi connectivity index (χ2n) is 4.44. The third-order valence-corrected chi connectivity index (χ3v) is 3.00. The van der Waals surface area contributed by atoms with E-state index >= 15 is 0 Å². The SMILES string of the molecule is C/C=C/C(=O)Nc1nc2ccc(Cl)cc2nc1NC(=O)CC. The zero-order valence-corrected chi connectivity index (χ0v) is 12.9. The summed E-state index contributed by atoms with van der Waals surface area (Å²) < 4.78 is 0. The van der Waals surface area contributed by atoms with Crippen molar-refractivity contribution >= 4 is 46.1 Å². The Morgan fingerprint density at radius 2 is 1.86 bits per heavy atom. The van der Waals surface area contributed by atoms with Gasteiger partial charge in [-0.1, -0.05) is 24.6 Å². The second-order valence-corrected chi connectivity index (χ2v) is 4.88. The number of carbonyl (C=O) groups is 2. The summed E-state index contributed by atoms with van der Waals surface area (Å²) in [6, 6.07) is 5.02. The van der Waals surface area contributed by atoms with Gasteiger partial charge in [0.05, 0.1) is 11.0 Å². The number of amides is 2. The predicted octanol–water partition coefficient (Wildman–Crippen LogP) is 3.15. The Morgan fingerprint density at radius 1 is 1.18 bits per heavy atom. The number of halogens is 1. The third kappa shape index (κ3) is 3.79. The van der Waals surface area contributed by atoms with E-state index in [0.29, 0.717) is 16.1 Å². The van der Waals surface area contributed by atoms with Gasteiger partial charge in [-0.15, -0.1) is 0 Å². The van der Waals surface area contributed by atoms with E-state index in [9.17, 15) is 9.59 Å². The third-order valence-electron chi connectivity index (χ3n) is 2.76. The molecule has 2 aromatic rings. The molecule has 0 aliphatic rings. The van der Waals surface area contributed by atoms with Gasteiger partial charge >= 0.3 is 0 Å². The van der Waals surface area contributed by atoms with Gasteiger partial charge in [0.15, 0.2) is 11.6 Å². The number of rotatable bonds is 4. The molecule has 0 unspecified atom stereocenters. The first-order valence-corrected chi connectivity index (χ1v) is 7.12. The Labute approximate surface area is 132 Å². The Bertz CT molecular complexity index is 759. The number of aromatic nitrogens is 2. The second kappa shape index (κ2) is 7.00. The first-order chi connectivity index (χ1) is 10.5. The van der Waals surface area contributed by atoms with Crippen molar-refractivity contribution < 1.29 is 9.59 Å². The van der Waals surface area contributed by atoms with Gasteiger partial charge in [-0.25, -0.2) is 9.97 Å². The summed E-state index contributed by atoms with van der Waals surface area (Å²) in [6.07, 6.45) is 3.25. The Kier molecular flexibility index (Phi) is 5.06. The van der Waals surface area contributed by atoms with Gasteiger partial charge in [-0.2, -0.15) is 0 Å². The average Bonchev–Trinajstić information content (AvgIpc) is 2.48. The molecule has 0 saturated heterocycles. The van der Waals surface area contributed by atoms with E-state index in [4.69, 9.17) is 11.6 Å². The Balaban J connectivity index is 2.49. The number of benzene rings is 1. The van der Waals surface area contributed by atoms with E-state index in [-0.39, 0.29) is 29.9 Å². The first-order valence-electron chi connectivity index (χ1n) is 6.74. The van der Waals surface area contributed by atoms with Crippen LogP contribution in [0.25, 0.3) is 11.0 Å². The molecule has 2 N–H and O–H groups in total. The van der Waals surface area contributed by atoms with Crippen molar-refractivity contribution in [3.05, 3.63) is 35.4 Å². The fraction of sp³-hybridized carbons (Fsp3) is 0.200. The molecule has 1 aromatic carbocycles. The van der Waals surface area contributed by atoms with Gasteiger partial charge < -0.3 is 10.6 Å². The number of anilines is 2. The van der Waals surface area contributed by atoms with E-state index in [1.165, 1.54) is 6.08 Å². The highest BCUT2D eigenvalue weighted by Gasteiger charge is 2.13. The number of hydrogen-bond donors (Lipinski definition) is 2. The maximum Gasteiger partial charge on any atom is 0.249 e. The first kappa shape index (κ1) is 15.9. The van der Waals surface area contributed by atoms with Crippen LogP contribution in [0.5, 0.6) is 0 Å². The van der Waals surface area contributed by atoms with E-state index in [0.717, 1.165) is 0 Å². The lowest BCUT2D eigenvalue weighted by Crippen LogP contribution is -2.17. The summed E-state index contributed by atoms with van der Waals surface area (Å²) in [6.45, 7) is 3.45. The summed E-state index contributed by atoms with van der Waals surface area (Å²) in [5, 5.41) is 5.74. The minimum Gasteiger partial charge on any atom is -0.308 e. The normalized spacial score (nSPS) is 10.9. The zero-order chi connectivity index (χ0) is 16.1. The van der Waals surface area contributed by atoms with E-state index < -0.39 is 0 Å². The minimum atomic E-state index is -0.350. The molecule has 0 aliphatic carbocycles. The largest absolute Gasteiger partial charge is 0.308 e. The summed E-state index contributed by atoms with van der Waals surface area (Å²) in [5.41, 5.74) is 1.10. The molecule has 22 heavy (non-hydrogen) atoms. The standard InChI is InChI=1S/C15H15ClN4O2/c1-3-5-13(22)20-14-15(19-12(21)4-2)18-11-8-9(16)6-7-10(11)17-14/h3,5-8H,4H2,1-2H3,(H,17,20,22)(H,18,19,21)/b5-3+. The fourth-order valence-corrected chi connectivity index (χ4v) is 1.90. The van der Waals surface area contributed by atoms with Crippen LogP contribution in [0.4, 0.5) is 11.6 Å². The number of hydrogen-bond acceptors (Lipinski definition) is 4. The molecule has 2 amide bonds. The van der Waals surface area contributed by atoms with Gasteiger partial charge in [0, 0.05) is 11.4 Å². The van der Waals surface area contributed by atoms with Gasteiger partial charge in [-0.3, -0.25) is 9.59 Å². The molecule has 114 valence electrons. The predicted molar refractivity (Wildman–Crippen MR) is 86.9 cm³/mol. The Hall–Kier alpha value is -2.47. The fourth-order valence-electron chi connectivity index (χ4n) is 1.73. The molecule has 6 nitrogen and oxygen atoms in total. The molecule has 0 aliphatic heterocycles. The molecule has 0 atom stereocenters. The van der Waals surface area contributed by atoms with Crippen molar-refractivity contribution in [2.75, 3.05) is 10.6 Å². The number of nitrogens with one attached hydrogen (secondary N) is 2. The zero-order valence-electron chi connectivity index (χ0n) is 12.2. The van der Waals surface area contributed by atoms with Gasteiger partial charge in [0.25, 0.3) is 0 Å². The summed E-state index contributed by atoms with van der Waals surface area (Å²) in [7, 11) is 0. The molecule has 1 aromatic heterocycles. The molecule has 0 saturated carbocycles. The van der Waals surface area contributed by atoms with Crippen molar-refractivity contribution in [2.45, 2.75) is 20.3 Å². The topological polar surface area (TPSA) is 84.0 Å². The lowest BCUT2D eigenvalue weighted by atomic mass is 10.3. The van der Waals surface area contributed by atoms with Crippen molar-refractivity contribution in [1.82, 2.24) is 9.97 Å². The van der Waals surface area contributed by atoms with E-state index in [1.54, 1.807) is 38.1 Å². The van der Waals surface area contributed by atoms with Crippen molar-refractivity contribution in [3.63, 3.8) is 0 Å². The van der Waals surface area contributed by atoms with Crippen LogP contribution in [0.3, 0.4) is 0 Å². The maximum absolute atomic E-state index is 11.7. The van der Waals surface area contributed by atoms with Crippen LogP contribution in [0.1, 0.15) is 20.3 Å². The highest BCUT2D eigenvalue weighted by atomic mass is 35.5. The molecule has 0 bridgehead atoms. The van der Waals surface area contributed by atoms with Gasteiger partial charge in [0.1, 0.15) is 0 Å². The van der Waals surface area contributed by atoms with Crippen LogP contribution in [-0.2, 0) is 9.59 Å². The van der Waals surface area contributed by atoms with Crippen LogP contribution >= 0.6 is 11.6 Å². The van der Waals surface area contributed by atoms with Crippen LogP contribution < -0.4 is 10.6 Å². The summed E-state index contributed by atoms with van der Waals surface area (Å²) in [4.78, 5) is 32.0. The lowest BCUT2D eigenvalue weighted by Gasteiger charge is -2.10. The molecule has 0 radical (unpaired) electrons. The van der Waals surface area contributed by atoms with Crippen molar-refractivity contribution in [3.8, 4) is 0 Å². The van der Waals surface area contributed by atoms with Gasteiger partial charge in [0.2, 0.25) is 11.8 Å². The highest BCUT2D eigenvalue weighted by molar-refractivity contribution is 6.31. The molecule has 1 heterocycles. The van der Waals surface area contributed by atoms with Crippen LogP contribution in [0, 0.1) is 0 Å². The van der Waals surface area contributed by atoms with Crippen LogP contribution in [-0.4, -0.2) is 21.8 Å². The number of fused-ring (bicyclic) bond motifs is 1. The number of nitrogens with zero attached hydrogens (tertiary/aromatic N) is 2. The smallest absolute Gasteiger partial charge is 0.249 e. The highest BCUT2D eigenvalue weighted by Crippen LogP contribution is 2.23. The van der Waals surface area contributed by atoms with Crippen molar-refractivity contribution in [2.24, 2.45) is 0 Å².